The summed E-state index contributed by atoms with van der Waals surface area (Å²) in [5.74, 6) is 0.0654. The number of carbonyl (C=O) groups excluding carboxylic acids is 1. The molecule has 0 saturated carbocycles. The van der Waals surface area contributed by atoms with Crippen LogP contribution in [-0.2, 0) is 0 Å². The lowest BCUT2D eigenvalue weighted by atomic mass is 10.1. The van der Waals surface area contributed by atoms with Crippen molar-refractivity contribution >= 4 is 11.5 Å². The van der Waals surface area contributed by atoms with Gasteiger partial charge in [-0.1, -0.05) is 12.1 Å². The highest BCUT2D eigenvalue weighted by atomic mass is 16.1. The van der Waals surface area contributed by atoms with Crippen molar-refractivity contribution < 1.29 is 4.79 Å². The summed E-state index contributed by atoms with van der Waals surface area (Å²) in [7, 11) is 0. The smallest absolute Gasteiger partial charge is 0.159 e. The molecule has 1 rings (SSSR count). The zero-order valence-corrected chi connectivity index (χ0v) is 8.79. The number of hydrogen-bond acceptors (Lipinski definition) is 3. The SMILES string of the molecule is CC(=O)c1cccc(NCCCC#N)c1. The third kappa shape index (κ3) is 3.82. The minimum atomic E-state index is 0.0654. The zero-order valence-electron chi connectivity index (χ0n) is 8.79. The van der Waals surface area contributed by atoms with Crippen LogP contribution in [-0.4, -0.2) is 12.3 Å². The second-order valence-electron chi connectivity index (χ2n) is 3.33. The van der Waals surface area contributed by atoms with Crippen LogP contribution in [0.5, 0.6) is 0 Å². The van der Waals surface area contributed by atoms with Gasteiger partial charge in [-0.2, -0.15) is 5.26 Å². The first-order valence-corrected chi connectivity index (χ1v) is 4.96. The van der Waals surface area contributed by atoms with E-state index in [4.69, 9.17) is 5.26 Å². The molecule has 1 aromatic rings. The maximum absolute atomic E-state index is 11.1. The molecule has 0 amide bonds. The van der Waals surface area contributed by atoms with Crippen LogP contribution in [0, 0.1) is 11.3 Å². The van der Waals surface area contributed by atoms with Crippen molar-refractivity contribution in [1.29, 1.82) is 5.26 Å². The van der Waals surface area contributed by atoms with Gasteiger partial charge in [0.15, 0.2) is 5.78 Å². The van der Waals surface area contributed by atoms with Gasteiger partial charge in [-0.05, 0) is 25.5 Å². The molecule has 0 atom stereocenters. The number of nitrogens with one attached hydrogen (secondary N) is 1. The molecule has 0 spiro atoms. The Morgan fingerprint density at radius 1 is 1.53 bits per heavy atom. The van der Waals surface area contributed by atoms with Crippen LogP contribution >= 0.6 is 0 Å². The Morgan fingerprint density at radius 2 is 2.33 bits per heavy atom. The van der Waals surface area contributed by atoms with E-state index in [1.807, 2.05) is 18.2 Å². The normalized spacial score (nSPS) is 9.33. The molecule has 0 heterocycles. The van der Waals surface area contributed by atoms with E-state index in [9.17, 15) is 4.79 Å². The molecule has 0 fully saturated rings. The molecule has 15 heavy (non-hydrogen) atoms. The quantitative estimate of drug-likeness (QED) is 0.589. The van der Waals surface area contributed by atoms with Gasteiger partial charge in [-0.15, -0.1) is 0 Å². The molecule has 0 aliphatic rings. The molecule has 3 nitrogen and oxygen atoms in total. The minimum Gasteiger partial charge on any atom is -0.385 e. The van der Waals surface area contributed by atoms with Crippen molar-refractivity contribution in [3.05, 3.63) is 29.8 Å². The van der Waals surface area contributed by atoms with E-state index < -0.39 is 0 Å². The summed E-state index contributed by atoms with van der Waals surface area (Å²) in [5.41, 5.74) is 1.64. The molecule has 0 saturated heterocycles. The van der Waals surface area contributed by atoms with Crippen LogP contribution in [0.2, 0.25) is 0 Å². The molecule has 1 aromatic carbocycles. The molecule has 0 aromatic heterocycles. The number of nitriles is 1. The highest BCUT2D eigenvalue weighted by Crippen LogP contribution is 2.11. The van der Waals surface area contributed by atoms with Gasteiger partial charge in [0.25, 0.3) is 0 Å². The van der Waals surface area contributed by atoms with Gasteiger partial charge in [0.2, 0.25) is 0 Å². The van der Waals surface area contributed by atoms with Crippen molar-refractivity contribution in [3.63, 3.8) is 0 Å². The number of carbonyl (C=O) groups is 1. The Hall–Kier alpha value is -1.82. The number of benzene rings is 1. The fraction of sp³-hybridized carbons (Fsp3) is 0.333. The molecular formula is C12H14N2O. The van der Waals surface area contributed by atoms with E-state index in [2.05, 4.69) is 11.4 Å². The molecule has 0 radical (unpaired) electrons. The van der Waals surface area contributed by atoms with Gasteiger partial charge in [-0.3, -0.25) is 4.79 Å². The largest absolute Gasteiger partial charge is 0.385 e. The maximum atomic E-state index is 11.1. The fourth-order valence-corrected chi connectivity index (χ4v) is 1.25. The highest BCUT2D eigenvalue weighted by molar-refractivity contribution is 5.94. The van der Waals surface area contributed by atoms with E-state index in [1.54, 1.807) is 13.0 Å². The van der Waals surface area contributed by atoms with Crippen molar-refractivity contribution in [1.82, 2.24) is 0 Å². The van der Waals surface area contributed by atoms with Crippen molar-refractivity contribution in [3.8, 4) is 6.07 Å². The highest BCUT2D eigenvalue weighted by Gasteiger charge is 1.99. The van der Waals surface area contributed by atoms with E-state index in [0.717, 1.165) is 18.7 Å². The summed E-state index contributed by atoms with van der Waals surface area (Å²) >= 11 is 0. The summed E-state index contributed by atoms with van der Waals surface area (Å²) in [6.07, 6.45) is 1.38. The van der Waals surface area contributed by atoms with E-state index >= 15 is 0 Å². The molecule has 3 heteroatoms. The lowest BCUT2D eigenvalue weighted by molar-refractivity contribution is 0.101. The van der Waals surface area contributed by atoms with Crippen molar-refractivity contribution in [2.75, 3.05) is 11.9 Å². The summed E-state index contributed by atoms with van der Waals surface area (Å²) in [6.45, 7) is 2.31. The Balaban J connectivity index is 2.51. The van der Waals surface area contributed by atoms with Gasteiger partial charge in [0.1, 0.15) is 0 Å². The Bertz CT molecular complexity index is 379. The summed E-state index contributed by atoms with van der Waals surface area (Å²) < 4.78 is 0. The zero-order chi connectivity index (χ0) is 11.1. The number of anilines is 1. The number of ketones is 1. The lowest BCUT2D eigenvalue weighted by Crippen LogP contribution is -2.02. The first kappa shape index (κ1) is 11.3. The third-order valence-electron chi connectivity index (χ3n) is 2.06. The van der Waals surface area contributed by atoms with Crippen LogP contribution in [0.3, 0.4) is 0 Å². The minimum absolute atomic E-state index is 0.0654. The van der Waals surface area contributed by atoms with Gasteiger partial charge >= 0.3 is 0 Å². The van der Waals surface area contributed by atoms with Gasteiger partial charge in [0.05, 0.1) is 6.07 Å². The van der Waals surface area contributed by atoms with Crippen LogP contribution < -0.4 is 5.32 Å². The first-order valence-electron chi connectivity index (χ1n) is 4.96. The summed E-state index contributed by atoms with van der Waals surface area (Å²) in [5, 5.41) is 11.5. The van der Waals surface area contributed by atoms with Crippen molar-refractivity contribution in [2.45, 2.75) is 19.8 Å². The maximum Gasteiger partial charge on any atom is 0.159 e. The van der Waals surface area contributed by atoms with Crippen LogP contribution in [0.1, 0.15) is 30.1 Å². The standard InChI is InChI=1S/C12H14N2O/c1-10(15)11-5-4-6-12(9-11)14-8-3-2-7-13/h4-6,9,14H,2-3,8H2,1H3. The second kappa shape index (κ2) is 5.82. The summed E-state index contributed by atoms with van der Waals surface area (Å²) in [6, 6.07) is 9.48. The molecule has 0 aliphatic heterocycles. The number of hydrogen-bond donors (Lipinski definition) is 1. The Labute approximate surface area is 89.7 Å². The van der Waals surface area contributed by atoms with Gasteiger partial charge in [-0.25, -0.2) is 0 Å². The van der Waals surface area contributed by atoms with E-state index in [0.29, 0.717) is 12.0 Å². The first-order chi connectivity index (χ1) is 7.24. The predicted molar refractivity (Wildman–Crippen MR) is 59.8 cm³/mol. The predicted octanol–water partition coefficient (Wildman–Crippen LogP) is 2.60. The average Bonchev–Trinajstić information content (AvgIpc) is 2.25. The molecule has 0 aliphatic carbocycles. The van der Waals surface area contributed by atoms with Crippen molar-refractivity contribution in [2.24, 2.45) is 0 Å². The molecule has 0 bridgehead atoms. The number of Topliss-reactive ketones (excluding diaryl/α,β-unsaturated/α-hetero) is 1. The van der Waals surface area contributed by atoms with E-state index in [-0.39, 0.29) is 5.78 Å². The molecule has 0 unspecified atom stereocenters. The number of unbranched alkanes of at least 4 members (excludes halogenated alkanes) is 1. The van der Waals surface area contributed by atoms with Crippen LogP contribution in [0.25, 0.3) is 0 Å². The van der Waals surface area contributed by atoms with Gasteiger partial charge < -0.3 is 5.32 Å². The Morgan fingerprint density at radius 3 is 3.00 bits per heavy atom. The van der Waals surface area contributed by atoms with Crippen LogP contribution in [0.4, 0.5) is 5.69 Å². The third-order valence-corrected chi connectivity index (χ3v) is 2.06. The molecule has 1 N–H and O–H groups in total. The van der Waals surface area contributed by atoms with Crippen LogP contribution in [0.15, 0.2) is 24.3 Å². The second-order valence-corrected chi connectivity index (χ2v) is 3.33. The molecular weight excluding hydrogens is 188 g/mol. The lowest BCUT2D eigenvalue weighted by Gasteiger charge is -2.05. The number of rotatable bonds is 5. The summed E-state index contributed by atoms with van der Waals surface area (Å²) in [4.78, 5) is 11.1. The Kier molecular flexibility index (Phi) is 4.36. The molecule has 78 valence electrons. The monoisotopic (exact) mass is 202 g/mol. The fourth-order valence-electron chi connectivity index (χ4n) is 1.25. The van der Waals surface area contributed by atoms with E-state index in [1.165, 1.54) is 0 Å². The number of nitrogens with zero attached hydrogens (tertiary/aromatic N) is 1. The van der Waals surface area contributed by atoms with Gasteiger partial charge in [0, 0.05) is 24.2 Å². The average molecular weight is 202 g/mol. The topological polar surface area (TPSA) is 52.9 Å².